The van der Waals surface area contributed by atoms with Crippen LogP contribution in [0.3, 0.4) is 0 Å². The topological polar surface area (TPSA) is 42.6 Å². The van der Waals surface area contributed by atoms with Gasteiger partial charge in [0.1, 0.15) is 11.4 Å². The second-order valence-electron chi connectivity index (χ2n) is 2.03. The molecule has 0 atom stereocenters. The summed E-state index contributed by atoms with van der Waals surface area (Å²) in [5.74, 6) is 0.654. The molecule has 52 valence electrons. The summed E-state index contributed by atoms with van der Waals surface area (Å²) in [6.45, 7) is 3.58. The molecule has 1 rings (SSSR count). The predicted molar refractivity (Wildman–Crippen MR) is 36.0 cm³/mol. The first-order valence-corrected chi connectivity index (χ1v) is 2.88. The molecule has 0 fully saturated rings. The van der Waals surface area contributed by atoms with Gasteiger partial charge in [-0.05, 0) is 13.8 Å². The summed E-state index contributed by atoms with van der Waals surface area (Å²) in [6, 6.07) is 0. The molecule has 0 saturated carbocycles. The number of aliphatic imine (C=N–C) groups is 1. The smallest absolute Gasteiger partial charge is 0.240 e. The first-order chi connectivity index (χ1) is 4.75. The first kappa shape index (κ1) is 6.78. The van der Waals surface area contributed by atoms with Gasteiger partial charge in [-0.1, -0.05) is 0 Å². The molecule has 10 heavy (non-hydrogen) atoms. The molecule has 0 aromatic carbocycles. The van der Waals surface area contributed by atoms with Gasteiger partial charge in [0.2, 0.25) is 6.08 Å². The highest BCUT2D eigenvalue weighted by Crippen LogP contribution is 2.23. The Morgan fingerprint density at radius 1 is 1.60 bits per heavy atom. The van der Waals surface area contributed by atoms with Crippen LogP contribution in [-0.4, -0.2) is 6.08 Å². The van der Waals surface area contributed by atoms with Crippen molar-refractivity contribution in [1.82, 2.24) is 0 Å². The lowest BCUT2D eigenvalue weighted by atomic mass is 10.3. The molecular weight excluding hydrogens is 130 g/mol. The van der Waals surface area contributed by atoms with E-state index in [1.54, 1.807) is 13.2 Å². The summed E-state index contributed by atoms with van der Waals surface area (Å²) in [5, 5.41) is 0. The zero-order chi connectivity index (χ0) is 7.56. The highest BCUT2D eigenvalue weighted by atomic mass is 16.3. The second-order valence-corrected chi connectivity index (χ2v) is 2.03. The van der Waals surface area contributed by atoms with E-state index in [1.807, 2.05) is 6.92 Å². The minimum Gasteiger partial charge on any atom is -0.467 e. The van der Waals surface area contributed by atoms with Crippen LogP contribution in [0.25, 0.3) is 0 Å². The van der Waals surface area contributed by atoms with Gasteiger partial charge in [-0.15, -0.1) is 0 Å². The van der Waals surface area contributed by atoms with E-state index in [4.69, 9.17) is 4.42 Å². The summed E-state index contributed by atoms with van der Waals surface area (Å²) >= 11 is 0. The number of carbonyl (C=O) groups excluding carboxylic acids is 1. The Kier molecular flexibility index (Phi) is 1.69. The summed E-state index contributed by atoms with van der Waals surface area (Å²) in [5.41, 5.74) is 1.45. The second kappa shape index (κ2) is 2.50. The molecule has 0 aliphatic carbocycles. The normalized spacial score (nSPS) is 9.00. The van der Waals surface area contributed by atoms with Gasteiger partial charge in [-0.3, -0.25) is 0 Å². The van der Waals surface area contributed by atoms with E-state index in [2.05, 4.69) is 4.99 Å². The Balaban J connectivity index is 3.22. The van der Waals surface area contributed by atoms with Crippen LogP contribution in [0.1, 0.15) is 11.3 Å². The van der Waals surface area contributed by atoms with Crippen molar-refractivity contribution < 1.29 is 9.21 Å². The van der Waals surface area contributed by atoms with Gasteiger partial charge >= 0.3 is 0 Å². The lowest BCUT2D eigenvalue weighted by molar-refractivity contribution is 0.533. The standard InChI is InChI=1S/C7H7NO2/c1-5-3-10-6(2)7(5)8-4-9/h3H,1-2H3. The Bertz CT molecular complexity index is 262. The quantitative estimate of drug-likeness (QED) is 0.438. The SMILES string of the molecule is Cc1coc(C)c1N=C=O. The van der Waals surface area contributed by atoms with E-state index in [0.717, 1.165) is 5.56 Å². The molecule has 1 heterocycles. The van der Waals surface area contributed by atoms with Gasteiger partial charge in [0.15, 0.2) is 0 Å². The van der Waals surface area contributed by atoms with Crippen molar-refractivity contribution in [3.05, 3.63) is 17.6 Å². The van der Waals surface area contributed by atoms with Gasteiger partial charge < -0.3 is 4.42 Å². The average Bonchev–Trinajstić information content (AvgIpc) is 2.20. The molecule has 1 aromatic heterocycles. The molecule has 0 N–H and O–H groups in total. The monoisotopic (exact) mass is 137 g/mol. The molecular formula is C7H7NO2. The van der Waals surface area contributed by atoms with Gasteiger partial charge in [0.05, 0.1) is 6.26 Å². The van der Waals surface area contributed by atoms with Crippen LogP contribution in [0.15, 0.2) is 15.7 Å². The maximum Gasteiger partial charge on any atom is 0.240 e. The Hall–Kier alpha value is -1.34. The fraction of sp³-hybridized carbons (Fsp3) is 0.286. The van der Waals surface area contributed by atoms with E-state index >= 15 is 0 Å². The molecule has 0 bridgehead atoms. The van der Waals surface area contributed by atoms with Gasteiger partial charge in [-0.25, -0.2) is 4.79 Å². The summed E-state index contributed by atoms with van der Waals surface area (Å²) in [4.78, 5) is 13.3. The van der Waals surface area contributed by atoms with E-state index in [0.29, 0.717) is 11.4 Å². The highest BCUT2D eigenvalue weighted by molar-refractivity contribution is 5.54. The van der Waals surface area contributed by atoms with Crippen LogP contribution in [0.2, 0.25) is 0 Å². The van der Waals surface area contributed by atoms with Crippen molar-refractivity contribution in [2.45, 2.75) is 13.8 Å². The minimum absolute atomic E-state index is 0.593. The molecule has 0 radical (unpaired) electrons. The van der Waals surface area contributed by atoms with Crippen molar-refractivity contribution >= 4 is 11.8 Å². The third-order valence-corrected chi connectivity index (χ3v) is 1.28. The minimum atomic E-state index is 0.593. The van der Waals surface area contributed by atoms with Crippen molar-refractivity contribution in [3.63, 3.8) is 0 Å². The van der Waals surface area contributed by atoms with Crippen LogP contribution < -0.4 is 0 Å². The van der Waals surface area contributed by atoms with Crippen LogP contribution in [0.4, 0.5) is 5.69 Å². The van der Waals surface area contributed by atoms with Crippen LogP contribution >= 0.6 is 0 Å². The fourth-order valence-corrected chi connectivity index (χ4v) is 0.779. The molecule has 0 saturated heterocycles. The molecule has 0 spiro atoms. The number of isocyanates is 1. The zero-order valence-corrected chi connectivity index (χ0v) is 5.84. The number of aryl methyl sites for hydroxylation is 2. The first-order valence-electron chi connectivity index (χ1n) is 2.88. The van der Waals surface area contributed by atoms with E-state index in [1.165, 1.54) is 6.08 Å². The third-order valence-electron chi connectivity index (χ3n) is 1.28. The van der Waals surface area contributed by atoms with Crippen molar-refractivity contribution in [2.75, 3.05) is 0 Å². The Labute approximate surface area is 58.4 Å². The zero-order valence-electron chi connectivity index (χ0n) is 5.84. The fourth-order valence-electron chi connectivity index (χ4n) is 0.779. The summed E-state index contributed by atoms with van der Waals surface area (Å²) < 4.78 is 4.98. The molecule has 0 aliphatic heterocycles. The van der Waals surface area contributed by atoms with E-state index < -0.39 is 0 Å². The number of furan rings is 1. The number of hydrogen-bond donors (Lipinski definition) is 0. The summed E-state index contributed by atoms with van der Waals surface area (Å²) in [6.07, 6.45) is 3.03. The van der Waals surface area contributed by atoms with E-state index in [-0.39, 0.29) is 0 Å². The van der Waals surface area contributed by atoms with Gasteiger partial charge in [0, 0.05) is 5.56 Å². The molecule has 3 nitrogen and oxygen atoms in total. The Morgan fingerprint density at radius 3 is 2.70 bits per heavy atom. The highest BCUT2D eigenvalue weighted by Gasteiger charge is 2.03. The van der Waals surface area contributed by atoms with Crippen LogP contribution in [0.5, 0.6) is 0 Å². The summed E-state index contributed by atoms with van der Waals surface area (Å²) in [7, 11) is 0. The molecule has 1 aromatic rings. The maximum atomic E-state index is 9.84. The molecule has 3 heteroatoms. The lowest BCUT2D eigenvalue weighted by Crippen LogP contribution is -1.65. The van der Waals surface area contributed by atoms with E-state index in [9.17, 15) is 4.79 Å². The van der Waals surface area contributed by atoms with Crippen molar-refractivity contribution in [3.8, 4) is 0 Å². The number of nitrogens with zero attached hydrogens (tertiary/aromatic N) is 1. The molecule has 0 amide bonds. The predicted octanol–water partition coefficient (Wildman–Crippen LogP) is 1.86. The average molecular weight is 137 g/mol. The molecule has 0 unspecified atom stereocenters. The van der Waals surface area contributed by atoms with Gasteiger partial charge in [-0.2, -0.15) is 4.99 Å². The molecule has 0 aliphatic rings. The Morgan fingerprint density at radius 2 is 2.30 bits per heavy atom. The van der Waals surface area contributed by atoms with Crippen molar-refractivity contribution in [1.29, 1.82) is 0 Å². The van der Waals surface area contributed by atoms with Crippen molar-refractivity contribution in [2.24, 2.45) is 4.99 Å². The number of hydrogen-bond acceptors (Lipinski definition) is 3. The van der Waals surface area contributed by atoms with Crippen LogP contribution in [0, 0.1) is 13.8 Å². The maximum absolute atomic E-state index is 9.84. The largest absolute Gasteiger partial charge is 0.467 e. The van der Waals surface area contributed by atoms with Crippen LogP contribution in [-0.2, 0) is 4.79 Å². The third kappa shape index (κ3) is 0.993. The lowest BCUT2D eigenvalue weighted by Gasteiger charge is -1.84. The number of rotatable bonds is 1. The van der Waals surface area contributed by atoms with Gasteiger partial charge in [0.25, 0.3) is 0 Å².